The predicted molar refractivity (Wildman–Crippen MR) is 97.6 cm³/mol. The summed E-state index contributed by atoms with van der Waals surface area (Å²) in [5, 5.41) is 0. The molecule has 1 aromatic heterocycles. The number of anilines is 1. The van der Waals surface area contributed by atoms with Crippen LogP contribution >= 0.6 is 0 Å². The first-order valence-electron chi connectivity index (χ1n) is 9.30. The Kier molecular flexibility index (Phi) is 5.89. The average Bonchev–Trinajstić information content (AvgIpc) is 2.61. The molecule has 3 rings (SSSR count). The van der Waals surface area contributed by atoms with Gasteiger partial charge in [-0.1, -0.05) is 0 Å². The second-order valence-corrected chi connectivity index (χ2v) is 7.49. The second kappa shape index (κ2) is 8.12. The molecule has 1 N–H and O–H groups in total. The molecular formula is C18H31N5O. The lowest BCUT2D eigenvalue weighted by molar-refractivity contribution is 0.0842. The molecule has 0 saturated carbocycles. The summed E-state index contributed by atoms with van der Waals surface area (Å²) < 4.78 is 0. The van der Waals surface area contributed by atoms with Crippen molar-refractivity contribution >= 4 is 5.82 Å². The van der Waals surface area contributed by atoms with Crippen molar-refractivity contribution < 1.29 is 0 Å². The molecule has 0 aliphatic carbocycles. The predicted octanol–water partition coefficient (Wildman–Crippen LogP) is 1.40. The van der Waals surface area contributed by atoms with Gasteiger partial charge in [0.25, 0.3) is 5.56 Å². The van der Waals surface area contributed by atoms with Crippen LogP contribution in [0.4, 0.5) is 5.82 Å². The summed E-state index contributed by atoms with van der Waals surface area (Å²) >= 11 is 0. The summed E-state index contributed by atoms with van der Waals surface area (Å²) in [5.41, 5.74) is -0.0849. The van der Waals surface area contributed by atoms with Crippen molar-refractivity contribution in [2.24, 2.45) is 5.92 Å². The molecule has 1 aromatic rings. The van der Waals surface area contributed by atoms with Gasteiger partial charge in [-0.25, -0.2) is 4.98 Å². The summed E-state index contributed by atoms with van der Waals surface area (Å²) in [4.78, 5) is 25.5. The zero-order valence-corrected chi connectivity index (χ0v) is 15.1. The Labute approximate surface area is 144 Å². The summed E-state index contributed by atoms with van der Waals surface area (Å²) in [5.74, 6) is 1.57. The number of nitrogens with zero attached hydrogens (tertiary/aromatic N) is 4. The van der Waals surface area contributed by atoms with Gasteiger partial charge < -0.3 is 19.7 Å². The molecule has 6 heteroatoms. The highest BCUT2D eigenvalue weighted by Gasteiger charge is 2.27. The maximum absolute atomic E-state index is 11.4. The summed E-state index contributed by atoms with van der Waals surface area (Å²) in [6.07, 6.45) is 7.95. The molecule has 3 heterocycles. The molecule has 0 amide bonds. The number of rotatable bonds is 5. The van der Waals surface area contributed by atoms with Crippen LogP contribution in [-0.2, 0) is 0 Å². The number of likely N-dealkylation sites (tertiary alicyclic amines) is 2. The molecule has 0 spiro atoms. The van der Waals surface area contributed by atoms with Gasteiger partial charge in [-0.05, 0) is 71.2 Å². The minimum atomic E-state index is -0.0849. The highest BCUT2D eigenvalue weighted by atomic mass is 16.1. The van der Waals surface area contributed by atoms with Crippen molar-refractivity contribution in [3.63, 3.8) is 0 Å². The van der Waals surface area contributed by atoms with Gasteiger partial charge in [0.1, 0.15) is 5.82 Å². The Morgan fingerprint density at radius 3 is 2.58 bits per heavy atom. The monoisotopic (exact) mass is 333 g/mol. The molecule has 0 atom stereocenters. The fourth-order valence-electron chi connectivity index (χ4n) is 4.02. The van der Waals surface area contributed by atoms with E-state index < -0.39 is 0 Å². The lowest BCUT2D eigenvalue weighted by atomic mass is 9.91. The first-order chi connectivity index (χ1) is 11.6. The maximum Gasteiger partial charge on any atom is 0.252 e. The van der Waals surface area contributed by atoms with Crippen molar-refractivity contribution in [2.75, 3.05) is 51.7 Å². The van der Waals surface area contributed by atoms with E-state index in [1.807, 2.05) is 7.05 Å². The van der Waals surface area contributed by atoms with Crippen LogP contribution in [-0.4, -0.2) is 72.6 Å². The lowest BCUT2D eigenvalue weighted by Crippen LogP contribution is -2.47. The van der Waals surface area contributed by atoms with Crippen LogP contribution in [0.15, 0.2) is 17.2 Å². The second-order valence-electron chi connectivity index (χ2n) is 7.49. The van der Waals surface area contributed by atoms with Crippen LogP contribution < -0.4 is 10.5 Å². The quantitative estimate of drug-likeness (QED) is 0.883. The van der Waals surface area contributed by atoms with E-state index in [0.717, 1.165) is 24.3 Å². The first kappa shape index (κ1) is 17.4. The zero-order valence-electron chi connectivity index (χ0n) is 15.1. The van der Waals surface area contributed by atoms with Gasteiger partial charge in [0.2, 0.25) is 0 Å². The molecule has 2 aliphatic heterocycles. The van der Waals surface area contributed by atoms with Gasteiger partial charge in [0, 0.05) is 25.7 Å². The third-order valence-corrected chi connectivity index (χ3v) is 5.78. The van der Waals surface area contributed by atoms with Crippen LogP contribution in [0.2, 0.25) is 0 Å². The topological polar surface area (TPSA) is 55.5 Å². The molecule has 6 nitrogen and oxygen atoms in total. The summed E-state index contributed by atoms with van der Waals surface area (Å²) in [6, 6.07) is 2.38. The third-order valence-electron chi connectivity index (χ3n) is 5.78. The van der Waals surface area contributed by atoms with Crippen molar-refractivity contribution in [3.8, 4) is 0 Å². The largest absolute Gasteiger partial charge is 0.359 e. The van der Waals surface area contributed by atoms with E-state index in [4.69, 9.17) is 0 Å². The Hall–Kier alpha value is -1.40. The minimum Gasteiger partial charge on any atom is -0.359 e. The number of nitrogens with one attached hydrogen (secondary N) is 1. The van der Waals surface area contributed by atoms with E-state index >= 15 is 0 Å². The minimum absolute atomic E-state index is 0.0849. The number of H-pyrrole nitrogens is 1. The summed E-state index contributed by atoms with van der Waals surface area (Å²) in [6.45, 7) is 5.98. The van der Waals surface area contributed by atoms with Gasteiger partial charge in [0.15, 0.2) is 0 Å². The van der Waals surface area contributed by atoms with E-state index in [-0.39, 0.29) is 5.56 Å². The van der Waals surface area contributed by atoms with E-state index in [2.05, 4.69) is 31.7 Å². The molecule has 0 bridgehead atoms. The van der Waals surface area contributed by atoms with Crippen molar-refractivity contribution in [1.29, 1.82) is 0 Å². The van der Waals surface area contributed by atoms with Crippen LogP contribution in [0.1, 0.15) is 32.1 Å². The summed E-state index contributed by atoms with van der Waals surface area (Å²) in [7, 11) is 4.25. The average molecular weight is 333 g/mol. The van der Waals surface area contributed by atoms with Crippen LogP contribution in [0.5, 0.6) is 0 Å². The van der Waals surface area contributed by atoms with E-state index in [1.54, 1.807) is 6.07 Å². The standard InChI is InChI=1S/C18H31N5O/c1-21-8-6-16(7-9-21)23-11-4-15(5-12-23)3-10-22(2)17-13-18(24)20-14-19-17/h13-16H,3-12H2,1-2H3,(H,19,20,24). The van der Waals surface area contributed by atoms with Gasteiger partial charge in [0.05, 0.1) is 6.33 Å². The van der Waals surface area contributed by atoms with Gasteiger partial charge in [-0.3, -0.25) is 4.79 Å². The Morgan fingerprint density at radius 2 is 1.92 bits per heavy atom. The molecular weight excluding hydrogens is 302 g/mol. The zero-order chi connectivity index (χ0) is 16.9. The normalized spacial score (nSPS) is 21.9. The molecule has 2 saturated heterocycles. The molecule has 0 radical (unpaired) electrons. The first-order valence-corrected chi connectivity index (χ1v) is 9.30. The van der Waals surface area contributed by atoms with Gasteiger partial charge >= 0.3 is 0 Å². The van der Waals surface area contributed by atoms with Crippen molar-refractivity contribution in [2.45, 2.75) is 38.1 Å². The van der Waals surface area contributed by atoms with Gasteiger partial charge in [-0.2, -0.15) is 0 Å². The molecule has 134 valence electrons. The Bertz CT molecular complexity index is 559. The van der Waals surface area contributed by atoms with E-state index in [0.29, 0.717) is 0 Å². The fourth-order valence-corrected chi connectivity index (χ4v) is 4.02. The highest BCUT2D eigenvalue weighted by Crippen LogP contribution is 2.25. The number of hydrogen-bond acceptors (Lipinski definition) is 5. The number of hydrogen-bond donors (Lipinski definition) is 1. The molecule has 2 fully saturated rings. The Morgan fingerprint density at radius 1 is 1.21 bits per heavy atom. The molecule has 0 aromatic carbocycles. The smallest absolute Gasteiger partial charge is 0.252 e. The molecule has 24 heavy (non-hydrogen) atoms. The van der Waals surface area contributed by atoms with Crippen molar-refractivity contribution in [3.05, 3.63) is 22.7 Å². The number of piperidine rings is 2. The van der Waals surface area contributed by atoms with Crippen LogP contribution in [0, 0.1) is 5.92 Å². The SMILES string of the molecule is CN1CCC(N2CCC(CCN(C)c3cc(=O)[nH]cn3)CC2)CC1. The maximum atomic E-state index is 11.4. The lowest BCUT2D eigenvalue weighted by Gasteiger charge is -2.41. The van der Waals surface area contributed by atoms with E-state index in [1.165, 1.54) is 64.6 Å². The van der Waals surface area contributed by atoms with Crippen LogP contribution in [0.25, 0.3) is 0 Å². The third kappa shape index (κ3) is 4.57. The highest BCUT2D eigenvalue weighted by molar-refractivity contribution is 5.34. The van der Waals surface area contributed by atoms with Crippen LogP contribution in [0.3, 0.4) is 0 Å². The molecule has 2 aliphatic rings. The number of aromatic nitrogens is 2. The van der Waals surface area contributed by atoms with E-state index in [9.17, 15) is 4.79 Å². The Balaban J connectivity index is 1.40. The van der Waals surface area contributed by atoms with Crippen molar-refractivity contribution in [1.82, 2.24) is 19.8 Å². The molecule has 0 unspecified atom stereocenters. The number of aromatic amines is 1. The fraction of sp³-hybridized carbons (Fsp3) is 0.778. The van der Waals surface area contributed by atoms with Gasteiger partial charge in [-0.15, -0.1) is 0 Å².